The predicted molar refractivity (Wildman–Crippen MR) is 93.5 cm³/mol. The largest absolute Gasteiger partial charge is 0.301 e. The molecule has 7 nitrogen and oxygen atoms in total. The molecule has 2 N–H and O–H groups in total. The van der Waals surface area contributed by atoms with Gasteiger partial charge in [-0.3, -0.25) is 4.79 Å². The molecule has 0 aliphatic rings. The molecule has 0 aliphatic carbocycles. The lowest BCUT2D eigenvalue weighted by Gasteiger charge is -2.19. The van der Waals surface area contributed by atoms with Crippen LogP contribution in [0.3, 0.4) is 0 Å². The molecule has 0 saturated carbocycles. The van der Waals surface area contributed by atoms with E-state index in [-0.39, 0.29) is 21.4 Å². The summed E-state index contributed by atoms with van der Waals surface area (Å²) >= 11 is 0.818. The normalized spacial score (nSPS) is 12.8. The van der Waals surface area contributed by atoms with Crippen LogP contribution >= 0.6 is 11.3 Å². The fraction of sp³-hybridized carbons (Fsp3) is 0.400. The molecule has 2 aromatic rings. The van der Waals surface area contributed by atoms with E-state index in [1.165, 1.54) is 6.92 Å². The molecular weight excluding hydrogens is 348 g/mol. The number of nitrogens with zero attached hydrogens (tertiary/aromatic N) is 2. The fourth-order valence-corrected chi connectivity index (χ4v) is 4.60. The number of hydrogen-bond acceptors (Lipinski definition) is 6. The van der Waals surface area contributed by atoms with Crippen LogP contribution in [0.1, 0.15) is 43.0 Å². The van der Waals surface area contributed by atoms with Gasteiger partial charge in [-0.25, -0.2) is 13.1 Å². The second-order valence-electron chi connectivity index (χ2n) is 5.50. The van der Waals surface area contributed by atoms with Crippen molar-refractivity contribution in [1.82, 2.24) is 14.9 Å². The van der Waals surface area contributed by atoms with Gasteiger partial charge in [-0.05, 0) is 31.4 Å². The highest BCUT2D eigenvalue weighted by atomic mass is 32.2. The van der Waals surface area contributed by atoms with Gasteiger partial charge in [0.15, 0.2) is 0 Å². The summed E-state index contributed by atoms with van der Waals surface area (Å²) in [5.74, 6) is -0.329. The van der Waals surface area contributed by atoms with Gasteiger partial charge in [0.1, 0.15) is 0 Å². The molecule has 0 spiro atoms. The molecule has 0 bridgehead atoms. The van der Waals surface area contributed by atoms with Gasteiger partial charge in [-0.2, -0.15) is 0 Å². The SMILES string of the molecule is CCC(NS(=O)(=O)c1nnc(NC(C)=O)s1)c1ccc(C)cc1C. The number of rotatable bonds is 6. The number of sulfonamides is 1. The number of nitrogens with one attached hydrogen (secondary N) is 2. The third-order valence-electron chi connectivity index (χ3n) is 3.43. The molecule has 1 amide bonds. The molecule has 9 heteroatoms. The maximum Gasteiger partial charge on any atom is 0.270 e. The van der Waals surface area contributed by atoms with Crippen LogP contribution in [0.4, 0.5) is 5.13 Å². The lowest BCUT2D eigenvalue weighted by atomic mass is 9.98. The Bertz CT molecular complexity index is 846. The van der Waals surface area contributed by atoms with Crippen LogP contribution in [-0.4, -0.2) is 24.5 Å². The number of aromatic nitrogens is 2. The Balaban J connectivity index is 2.25. The van der Waals surface area contributed by atoms with Gasteiger partial charge in [-0.15, -0.1) is 10.2 Å². The highest BCUT2D eigenvalue weighted by Gasteiger charge is 2.25. The number of amides is 1. The van der Waals surface area contributed by atoms with Gasteiger partial charge in [-0.1, -0.05) is 42.0 Å². The quantitative estimate of drug-likeness (QED) is 0.763. The summed E-state index contributed by atoms with van der Waals surface area (Å²) in [5.41, 5.74) is 3.08. The second kappa shape index (κ2) is 7.37. The van der Waals surface area contributed by atoms with E-state index in [9.17, 15) is 13.2 Å². The molecule has 1 aromatic heterocycles. The Morgan fingerprint density at radius 2 is 2.00 bits per heavy atom. The average Bonchev–Trinajstić information content (AvgIpc) is 2.94. The zero-order chi connectivity index (χ0) is 17.9. The van der Waals surface area contributed by atoms with E-state index in [2.05, 4.69) is 20.2 Å². The fourth-order valence-electron chi connectivity index (χ4n) is 2.34. The number of carbonyl (C=O) groups is 1. The first-order chi connectivity index (χ1) is 11.2. The third kappa shape index (κ3) is 4.37. The zero-order valence-corrected chi connectivity index (χ0v) is 15.6. The Kier molecular flexibility index (Phi) is 5.68. The number of hydrogen-bond donors (Lipinski definition) is 2. The molecule has 1 unspecified atom stereocenters. The van der Waals surface area contributed by atoms with Gasteiger partial charge in [0.05, 0.1) is 0 Å². The van der Waals surface area contributed by atoms with Crippen molar-refractivity contribution in [2.24, 2.45) is 0 Å². The molecule has 1 heterocycles. The van der Waals surface area contributed by atoms with Gasteiger partial charge in [0, 0.05) is 13.0 Å². The number of anilines is 1. The lowest BCUT2D eigenvalue weighted by Crippen LogP contribution is -2.28. The molecule has 0 aliphatic heterocycles. The number of carbonyl (C=O) groups excluding carboxylic acids is 1. The molecule has 24 heavy (non-hydrogen) atoms. The van der Waals surface area contributed by atoms with E-state index in [0.717, 1.165) is 28.0 Å². The highest BCUT2D eigenvalue weighted by Crippen LogP contribution is 2.26. The molecule has 1 aromatic carbocycles. The van der Waals surface area contributed by atoms with Gasteiger partial charge in [0.25, 0.3) is 10.0 Å². The number of benzene rings is 1. The molecule has 2 rings (SSSR count). The second-order valence-corrected chi connectivity index (χ2v) is 8.36. The summed E-state index contributed by atoms with van der Waals surface area (Å²) in [4.78, 5) is 11.0. The minimum Gasteiger partial charge on any atom is -0.301 e. The molecule has 1 atom stereocenters. The Morgan fingerprint density at radius 3 is 2.58 bits per heavy atom. The zero-order valence-electron chi connectivity index (χ0n) is 14.0. The minimum atomic E-state index is -3.82. The lowest BCUT2D eigenvalue weighted by molar-refractivity contribution is -0.114. The number of aryl methyl sites for hydroxylation is 2. The molecule has 0 radical (unpaired) electrons. The van der Waals surface area contributed by atoms with E-state index in [0.29, 0.717) is 6.42 Å². The van der Waals surface area contributed by atoms with Gasteiger partial charge in [0.2, 0.25) is 15.4 Å². The minimum absolute atomic E-state index is 0.155. The van der Waals surface area contributed by atoms with Gasteiger partial charge >= 0.3 is 0 Å². The first kappa shape index (κ1) is 18.5. The van der Waals surface area contributed by atoms with Crippen molar-refractivity contribution >= 4 is 32.4 Å². The van der Waals surface area contributed by atoms with E-state index < -0.39 is 10.0 Å². The summed E-state index contributed by atoms with van der Waals surface area (Å²) < 4.78 is 27.6. The van der Waals surface area contributed by atoms with Crippen LogP contribution in [-0.2, 0) is 14.8 Å². The van der Waals surface area contributed by atoms with Crippen molar-refractivity contribution in [3.05, 3.63) is 34.9 Å². The predicted octanol–water partition coefficient (Wildman–Crippen LogP) is 2.54. The van der Waals surface area contributed by atoms with Crippen molar-refractivity contribution in [3.8, 4) is 0 Å². The first-order valence-electron chi connectivity index (χ1n) is 7.43. The van der Waals surface area contributed by atoms with Crippen molar-refractivity contribution in [2.45, 2.75) is 44.5 Å². The molecule has 130 valence electrons. The van der Waals surface area contributed by atoms with Crippen LogP contribution < -0.4 is 10.0 Å². The first-order valence-corrected chi connectivity index (χ1v) is 9.73. The Labute approximate surface area is 145 Å². The van der Waals surface area contributed by atoms with Crippen molar-refractivity contribution in [2.75, 3.05) is 5.32 Å². The van der Waals surface area contributed by atoms with Crippen molar-refractivity contribution < 1.29 is 13.2 Å². The summed E-state index contributed by atoms with van der Waals surface area (Å²) in [6, 6.07) is 5.55. The van der Waals surface area contributed by atoms with Crippen LogP contribution in [0.5, 0.6) is 0 Å². The average molecular weight is 368 g/mol. The summed E-state index contributed by atoms with van der Waals surface area (Å²) in [6.07, 6.45) is 0.598. The topological polar surface area (TPSA) is 101 Å². The van der Waals surface area contributed by atoms with E-state index in [4.69, 9.17) is 0 Å². The summed E-state index contributed by atoms with van der Waals surface area (Å²) in [7, 11) is -3.82. The van der Waals surface area contributed by atoms with Crippen molar-refractivity contribution in [1.29, 1.82) is 0 Å². The molecule has 0 saturated heterocycles. The molecular formula is C15H20N4O3S2. The third-order valence-corrected chi connectivity index (χ3v) is 6.10. The monoisotopic (exact) mass is 368 g/mol. The van der Waals surface area contributed by atoms with Crippen LogP contribution in [0.25, 0.3) is 0 Å². The van der Waals surface area contributed by atoms with Crippen LogP contribution in [0, 0.1) is 13.8 Å². The maximum absolute atomic E-state index is 12.5. The van der Waals surface area contributed by atoms with E-state index in [1.807, 2.05) is 39.0 Å². The molecule has 0 fully saturated rings. The maximum atomic E-state index is 12.5. The Morgan fingerprint density at radius 1 is 1.29 bits per heavy atom. The summed E-state index contributed by atoms with van der Waals surface area (Å²) in [6.45, 7) is 7.18. The van der Waals surface area contributed by atoms with E-state index >= 15 is 0 Å². The van der Waals surface area contributed by atoms with Crippen molar-refractivity contribution in [3.63, 3.8) is 0 Å². The summed E-state index contributed by atoms with van der Waals surface area (Å²) in [5, 5.41) is 9.92. The Hall–Kier alpha value is -1.84. The smallest absolute Gasteiger partial charge is 0.270 e. The van der Waals surface area contributed by atoms with Gasteiger partial charge < -0.3 is 5.32 Å². The highest BCUT2D eigenvalue weighted by molar-refractivity contribution is 7.91. The van der Waals surface area contributed by atoms with Crippen LogP contribution in [0.2, 0.25) is 0 Å². The standard InChI is InChI=1S/C15H20N4O3S2/c1-5-13(12-7-6-9(2)8-10(12)3)19-24(21,22)15-18-17-14(23-15)16-11(4)20/h6-8,13,19H,5H2,1-4H3,(H,16,17,20). The van der Waals surface area contributed by atoms with Crippen LogP contribution in [0.15, 0.2) is 22.5 Å². The van der Waals surface area contributed by atoms with E-state index in [1.54, 1.807) is 0 Å².